The number of ether oxygens (including phenoxy) is 1. The smallest absolute Gasteiger partial charge is 0.0518 e. The zero-order valence-electron chi connectivity index (χ0n) is 12.3. The minimum atomic E-state index is 0.204. The average Bonchev–Trinajstić information content (AvgIpc) is 2.13. The summed E-state index contributed by atoms with van der Waals surface area (Å²) in [4.78, 5) is 0. The third-order valence-electron chi connectivity index (χ3n) is 3.06. The van der Waals surface area contributed by atoms with Gasteiger partial charge in [-0.2, -0.15) is 0 Å². The average molecular weight is 229 g/mol. The maximum atomic E-state index is 5.64. The molecule has 0 saturated heterocycles. The van der Waals surface area contributed by atoms with Crippen molar-refractivity contribution in [2.75, 3.05) is 13.2 Å². The van der Waals surface area contributed by atoms with Gasteiger partial charge in [0.25, 0.3) is 0 Å². The fourth-order valence-electron chi connectivity index (χ4n) is 1.41. The minimum Gasteiger partial charge on any atom is -0.379 e. The van der Waals surface area contributed by atoms with Gasteiger partial charge in [0.1, 0.15) is 0 Å². The molecule has 0 heterocycles. The molecule has 0 rings (SSSR count). The van der Waals surface area contributed by atoms with Crippen molar-refractivity contribution >= 4 is 0 Å². The molecular formula is C14H31NO. The molecule has 1 N–H and O–H groups in total. The van der Waals surface area contributed by atoms with Crippen LogP contribution in [0.2, 0.25) is 0 Å². The lowest BCUT2D eigenvalue weighted by atomic mass is 9.83. The van der Waals surface area contributed by atoms with Gasteiger partial charge in [-0.15, -0.1) is 0 Å². The Balaban J connectivity index is 4.00. The van der Waals surface area contributed by atoms with E-state index in [9.17, 15) is 0 Å². The first-order valence-corrected chi connectivity index (χ1v) is 6.55. The summed E-state index contributed by atoms with van der Waals surface area (Å²) in [5.74, 6) is 0. The molecule has 0 aromatic rings. The Hall–Kier alpha value is -0.0800. The predicted molar refractivity (Wildman–Crippen MR) is 71.9 cm³/mol. The van der Waals surface area contributed by atoms with Crippen molar-refractivity contribution in [3.8, 4) is 0 Å². The van der Waals surface area contributed by atoms with E-state index in [2.05, 4.69) is 53.8 Å². The van der Waals surface area contributed by atoms with Crippen molar-refractivity contribution in [1.82, 2.24) is 5.32 Å². The van der Waals surface area contributed by atoms with Gasteiger partial charge in [0.05, 0.1) is 6.10 Å². The van der Waals surface area contributed by atoms with Crippen LogP contribution in [0.15, 0.2) is 0 Å². The van der Waals surface area contributed by atoms with Gasteiger partial charge in [-0.25, -0.2) is 0 Å². The van der Waals surface area contributed by atoms with Crippen LogP contribution in [0.25, 0.3) is 0 Å². The summed E-state index contributed by atoms with van der Waals surface area (Å²) in [6.07, 6.45) is 2.67. The van der Waals surface area contributed by atoms with E-state index in [0.29, 0.717) is 11.5 Å². The number of rotatable bonds is 7. The molecule has 2 heteroatoms. The lowest BCUT2D eigenvalue weighted by molar-refractivity contribution is 0.0517. The van der Waals surface area contributed by atoms with E-state index >= 15 is 0 Å². The van der Waals surface area contributed by atoms with Crippen molar-refractivity contribution < 1.29 is 4.74 Å². The summed E-state index contributed by atoms with van der Waals surface area (Å²) in [7, 11) is 0. The first-order chi connectivity index (χ1) is 7.18. The highest BCUT2D eigenvalue weighted by Crippen LogP contribution is 2.25. The Bertz CT molecular complexity index is 184. The van der Waals surface area contributed by atoms with Crippen LogP contribution in [0.1, 0.15) is 61.3 Å². The van der Waals surface area contributed by atoms with Gasteiger partial charge in [0, 0.05) is 18.7 Å². The number of hydrogen-bond donors (Lipinski definition) is 1. The van der Waals surface area contributed by atoms with E-state index < -0.39 is 0 Å². The summed E-state index contributed by atoms with van der Waals surface area (Å²) in [5.41, 5.74) is 0.553. The lowest BCUT2D eigenvalue weighted by Crippen LogP contribution is -2.43. The van der Waals surface area contributed by atoms with Gasteiger partial charge in [0.2, 0.25) is 0 Å². The summed E-state index contributed by atoms with van der Waals surface area (Å²) in [5, 5.41) is 3.60. The second-order valence-electron chi connectivity index (χ2n) is 6.44. The van der Waals surface area contributed by atoms with E-state index in [0.717, 1.165) is 19.6 Å². The van der Waals surface area contributed by atoms with Gasteiger partial charge in [-0.3, -0.25) is 0 Å². The van der Waals surface area contributed by atoms with Crippen LogP contribution in [-0.4, -0.2) is 24.8 Å². The maximum absolute atomic E-state index is 5.64. The second-order valence-corrected chi connectivity index (χ2v) is 6.44. The molecule has 0 amide bonds. The molecule has 0 spiro atoms. The van der Waals surface area contributed by atoms with Crippen molar-refractivity contribution in [1.29, 1.82) is 0 Å². The third kappa shape index (κ3) is 8.12. The van der Waals surface area contributed by atoms with Gasteiger partial charge in [0.15, 0.2) is 0 Å². The number of nitrogens with one attached hydrogen (secondary N) is 1. The molecule has 0 fully saturated rings. The predicted octanol–water partition coefficient (Wildman–Crippen LogP) is 3.61. The van der Waals surface area contributed by atoms with Gasteiger partial charge < -0.3 is 10.1 Å². The summed E-state index contributed by atoms with van der Waals surface area (Å²) >= 11 is 0. The molecule has 2 nitrogen and oxygen atoms in total. The lowest BCUT2D eigenvalue weighted by Gasteiger charge is -2.33. The highest BCUT2D eigenvalue weighted by Gasteiger charge is 2.24. The molecule has 1 unspecified atom stereocenters. The zero-order chi connectivity index (χ0) is 12.8. The quantitative estimate of drug-likeness (QED) is 0.720. The van der Waals surface area contributed by atoms with Gasteiger partial charge >= 0.3 is 0 Å². The molecule has 16 heavy (non-hydrogen) atoms. The van der Waals surface area contributed by atoms with E-state index in [-0.39, 0.29) is 5.54 Å². The zero-order valence-corrected chi connectivity index (χ0v) is 12.3. The molecule has 0 aliphatic carbocycles. The third-order valence-corrected chi connectivity index (χ3v) is 3.06. The van der Waals surface area contributed by atoms with Crippen molar-refractivity contribution in [2.45, 2.75) is 73.0 Å². The topological polar surface area (TPSA) is 21.3 Å². The summed E-state index contributed by atoms with van der Waals surface area (Å²) in [6.45, 7) is 17.4. The molecule has 0 bridgehead atoms. The van der Waals surface area contributed by atoms with Crippen LogP contribution >= 0.6 is 0 Å². The van der Waals surface area contributed by atoms with Crippen LogP contribution in [0.5, 0.6) is 0 Å². The fraction of sp³-hybridized carbons (Fsp3) is 1.00. The first kappa shape index (κ1) is 15.9. The van der Waals surface area contributed by atoms with E-state index in [1.54, 1.807) is 0 Å². The second kappa shape index (κ2) is 6.61. The molecule has 0 aromatic carbocycles. The van der Waals surface area contributed by atoms with Crippen LogP contribution in [0.4, 0.5) is 0 Å². The molecule has 0 saturated carbocycles. The Morgan fingerprint density at radius 2 is 1.69 bits per heavy atom. The molecular weight excluding hydrogens is 198 g/mol. The van der Waals surface area contributed by atoms with E-state index in [1.165, 1.54) is 6.42 Å². The minimum absolute atomic E-state index is 0.204. The Morgan fingerprint density at radius 1 is 1.12 bits per heavy atom. The van der Waals surface area contributed by atoms with Crippen molar-refractivity contribution in [2.24, 2.45) is 5.41 Å². The SMILES string of the molecule is CCC(C)(CCOC(C)C)CNC(C)(C)C. The van der Waals surface area contributed by atoms with Crippen LogP contribution < -0.4 is 5.32 Å². The Kier molecular flexibility index (Phi) is 6.57. The van der Waals surface area contributed by atoms with Gasteiger partial charge in [-0.1, -0.05) is 13.8 Å². The number of hydrogen-bond acceptors (Lipinski definition) is 2. The largest absolute Gasteiger partial charge is 0.379 e. The Labute approximate surface area is 102 Å². The van der Waals surface area contributed by atoms with Crippen LogP contribution in [-0.2, 0) is 4.74 Å². The Morgan fingerprint density at radius 3 is 2.06 bits per heavy atom. The van der Waals surface area contributed by atoms with E-state index in [4.69, 9.17) is 4.74 Å². The van der Waals surface area contributed by atoms with Crippen molar-refractivity contribution in [3.05, 3.63) is 0 Å². The maximum Gasteiger partial charge on any atom is 0.0518 e. The van der Waals surface area contributed by atoms with Crippen LogP contribution in [0, 0.1) is 5.41 Å². The molecule has 0 aromatic heterocycles. The molecule has 1 atom stereocenters. The molecule has 0 aliphatic heterocycles. The van der Waals surface area contributed by atoms with Crippen LogP contribution in [0.3, 0.4) is 0 Å². The highest BCUT2D eigenvalue weighted by atomic mass is 16.5. The monoisotopic (exact) mass is 229 g/mol. The van der Waals surface area contributed by atoms with E-state index in [1.807, 2.05) is 0 Å². The standard InChI is InChI=1S/C14H31NO/c1-8-14(7,9-10-16-12(2)3)11-15-13(4,5)6/h12,15H,8-11H2,1-7H3. The normalized spacial score (nSPS) is 16.5. The highest BCUT2D eigenvalue weighted by molar-refractivity contribution is 4.80. The molecule has 0 radical (unpaired) electrons. The first-order valence-electron chi connectivity index (χ1n) is 6.55. The summed E-state index contributed by atoms with van der Waals surface area (Å²) < 4.78 is 5.64. The summed E-state index contributed by atoms with van der Waals surface area (Å²) in [6, 6.07) is 0. The van der Waals surface area contributed by atoms with Gasteiger partial charge in [-0.05, 0) is 52.9 Å². The molecule has 0 aliphatic rings. The van der Waals surface area contributed by atoms with Crippen molar-refractivity contribution in [3.63, 3.8) is 0 Å². The fourth-order valence-corrected chi connectivity index (χ4v) is 1.41. The molecule has 98 valence electrons.